The van der Waals surface area contributed by atoms with E-state index in [1.165, 1.54) is 12.8 Å². The highest BCUT2D eigenvalue weighted by Crippen LogP contribution is 2.38. The van der Waals surface area contributed by atoms with Gasteiger partial charge in [-0.15, -0.1) is 0 Å². The Kier molecular flexibility index (Phi) is 5.60. The predicted octanol–water partition coefficient (Wildman–Crippen LogP) is 3.84. The number of piperidine rings is 1. The van der Waals surface area contributed by atoms with E-state index < -0.39 is 0 Å². The molecule has 0 radical (unpaired) electrons. The molecule has 0 spiro atoms. The topological polar surface area (TPSA) is 55.3 Å². The molecule has 2 heterocycles. The fourth-order valence-corrected chi connectivity index (χ4v) is 4.08. The largest absolute Gasteiger partial charge is 0.462 e. The van der Waals surface area contributed by atoms with Crippen LogP contribution in [0.1, 0.15) is 59.3 Å². The second-order valence-corrected chi connectivity index (χ2v) is 8.59. The zero-order valence-electron chi connectivity index (χ0n) is 15.8. The number of rotatable bonds is 3. The van der Waals surface area contributed by atoms with Crippen LogP contribution in [0.5, 0.6) is 0 Å². The zero-order chi connectivity index (χ0) is 17.9. The Morgan fingerprint density at radius 1 is 1.04 bits per heavy atom. The van der Waals surface area contributed by atoms with Gasteiger partial charge < -0.3 is 9.64 Å². The van der Waals surface area contributed by atoms with Crippen LogP contribution in [-0.2, 0) is 9.53 Å². The van der Waals surface area contributed by atoms with Gasteiger partial charge in [0.25, 0.3) is 0 Å². The Labute approximate surface area is 151 Å². The third kappa shape index (κ3) is 4.71. The summed E-state index contributed by atoms with van der Waals surface area (Å²) < 4.78 is 5.84. The van der Waals surface area contributed by atoms with Gasteiger partial charge in [0.2, 0.25) is 5.95 Å². The molecule has 0 unspecified atom stereocenters. The average molecular weight is 345 g/mol. The lowest BCUT2D eigenvalue weighted by Crippen LogP contribution is -2.39. The Bertz CT molecular complexity index is 554. The van der Waals surface area contributed by atoms with Crippen molar-refractivity contribution in [3.8, 4) is 0 Å². The van der Waals surface area contributed by atoms with Crippen molar-refractivity contribution in [2.75, 3.05) is 18.0 Å². The highest BCUT2D eigenvalue weighted by atomic mass is 16.5. The Balaban J connectivity index is 1.43. The number of hydrogen-bond acceptors (Lipinski definition) is 5. The van der Waals surface area contributed by atoms with Crippen LogP contribution >= 0.6 is 0 Å². The van der Waals surface area contributed by atoms with Crippen LogP contribution in [-0.4, -0.2) is 35.1 Å². The van der Waals surface area contributed by atoms with Gasteiger partial charge in [0, 0.05) is 25.5 Å². The molecule has 0 aromatic carbocycles. The molecule has 2 aliphatic rings. The molecule has 0 bridgehead atoms. The normalized spacial score (nSPS) is 25.6. The standard InChI is InChI=1S/C20H31N3O2/c1-20(2,3)16-5-7-17(8-6-16)25-18(24)15-9-13-23(14-10-15)19-21-11-4-12-22-19/h4,11-12,15-17H,5-10,13-14H2,1-3H3. The first-order valence-corrected chi connectivity index (χ1v) is 9.66. The molecule has 1 saturated carbocycles. The molecule has 1 aliphatic heterocycles. The zero-order valence-corrected chi connectivity index (χ0v) is 15.8. The lowest BCUT2D eigenvalue weighted by Gasteiger charge is -2.37. The average Bonchev–Trinajstić information content (AvgIpc) is 2.62. The molecular formula is C20H31N3O2. The van der Waals surface area contributed by atoms with Crippen molar-refractivity contribution in [2.45, 2.75) is 65.4 Å². The molecule has 3 rings (SSSR count). The maximum absolute atomic E-state index is 12.5. The molecule has 0 atom stereocenters. The first-order chi connectivity index (χ1) is 11.9. The van der Waals surface area contributed by atoms with Crippen LogP contribution in [0.15, 0.2) is 18.5 Å². The monoisotopic (exact) mass is 345 g/mol. The molecule has 1 aromatic rings. The van der Waals surface area contributed by atoms with Crippen molar-refractivity contribution >= 4 is 11.9 Å². The lowest BCUT2D eigenvalue weighted by molar-refractivity contribution is -0.157. The van der Waals surface area contributed by atoms with E-state index >= 15 is 0 Å². The molecule has 5 nitrogen and oxygen atoms in total. The van der Waals surface area contributed by atoms with Gasteiger partial charge in [-0.05, 0) is 55.9 Å². The number of hydrogen-bond donors (Lipinski definition) is 0. The minimum atomic E-state index is 0.00726. The number of ether oxygens (including phenoxy) is 1. The summed E-state index contributed by atoms with van der Waals surface area (Å²) in [6, 6.07) is 1.82. The van der Waals surface area contributed by atoms with Crippen molar-refractivity contribution in [1.82, 2.24) is 9.97 Å². The van der Waals surface area contributed by atoms with Gasteiger partial charge in [-0.2, -0.15) is 0 Å². The van der Waals surface area contributed by atoms with E-state index in [1.807, 2.05) is 6.07 Å². The van der Waals surface area contributed by atoms with Crippen LogP contribution in [0.3, 0.4) is 0 Å². The third-order valence-corrected chi connectivity index (χ3v) is 5.85. The SMILES string of the molecule is CC(C)(C)C1CCC(OC(=O)C2CCN(c3ncccn3)CC2)CC1. The quantitative estimate of drug-likeness (QED) is 0.779. The maximum Gasteiger partial charge on any atom is 0.309 e. The number of aromatic nitrogens is 2. The molecule has 1 aliphatic carbocycles. The van der Waals surface area contributed by atoms with Crippen molar-refractivity contribution in [1.29, 1.82) is 0 Å². The summed E-state index contributed by atoms with van der Waals surface area (Å²) in [5, 5.41) is 0. The minimum absolute atomic E-state index is 0.00726. The number of nitrogens with zero attached hydrogens (tertiary/aromatic N) is 3. The first kappa shape index (κ1) is 18.2. The summed E-state index contributed by atoms with van der Waals surface area (Å²) in [4.78, 5) is 23.2. The van der Waals surface area contributed by atoms with E-state index in [0.29, 0.717) is 5.41 Å². The number of carbonyl (C=O) groups excluding carboxylic acids is 1. The van der Waals surface area contributed by atoms with E-state index in [4.69, 9.17) is 4.74 Å². The summed E-state index contributed by atoms with van der Waals surface area (Å²) in [6.45, 7) is 8.58. The molecule has 0 N–H and O–H groups in total. The lowest BCUT2D eigenvalue weighted by atomic mass is 9.72. The van der Waals surface area contributed by atoms with Crippen LogP contribution in [0.25, 0.3) is 0 Å². The molecule has 0 amide bonds. The number of anilines is 1. The minimum Gasteiger partial charge on any atom is -0.462 e. The van der Waals surface area contributed by atoms with Crippen molar-refractivity contribution in [3.05, 3.63) is 18.5 Å². The van der Waals surface area contributed by atoms with Crippen LogP contribution in [0, 0.1) is 17.3 Å². The molecule has 1 saturated heterocycles. The van der Waals surface area contributed by atoms with Crippen LogP contribution in [0.4, 0.5) is 5.95 Å². The molecule has 2 fully saturated rings. The molecule has 138 valence electrons. The maximum atomic E-state index is 12.5. The third-order valence-electron chi connectivity index (χ3n) is 5.85. The fraction of sp³-hybridized carbons (Fsp3) is 0.750. The van der Waals surface area contributed by atoms with Crippen molar-refractivity contribution in [3.63, 3.8) is 0 Å². The second kappa shape index (κ2) is 7.71. The summed E-state index contributed by atoms with van der Waals surface area (Å²) in [5.41, 5.74) is 0.362. The summed E-state index contributed by atoms with van der Waals surface area (Å²) >= 11 is 0. The molecule has 25 heavy (non-hydrogen) atoms. The van der Waals surface area contributed by atoms with E-state index in [2.05, 4.69) is 35.6 Å². The van der Waals surface area contributed by atoms with Gasteiger partial charge >= 0.3 is 5.97 Å². The van der Waals surface area contributed by atoms with Gasteiger partial charge in [0.15, 0.2) is 0 Å². The smallest absolute Gasteiger partial charge is 0.309 e. The Morgan fingerprint density at radius 3 is 2.20 bits per heavy atom. The van der Waals surface area contributed by atoms with Gasteiger partial charge in [-0.25, -0.2) is 9.97 Å². The second-order valence-electron chi connectivity index (χ2n) is 8.59. The van der Waals surface area contributed by atoms with Crippen molar-refractivity contribution in [2.24, 2.45) is 17.3 Å². The molecule has 5 heteroatoms. The number of carbonyl (C=O) groups is 1. The summed E-state index contributed by atoms with van der Waals surface area (Å²) in [6.07, 6.45) is 9.68. The van der Waals surface area contributed by atoms with Crippen molar-refractivity contribution < 1.29 is 9.53 Å². The number of esters is 1. The van der Waals surface area contributed by atoms with Gasteiger partial charge in [-0.1, -0.05) is 20.8 Å². The van der Waals surface area contributed by atoms with Gasteiger partial charge in [0.1, 0.15) is 6.10 Å². The fourth-order valence-electron chi connectivity index (χ4n) is 4.08. The van der Waals surface area contributed by atoms with Gasteiger partial charge in [0.05, 0.1) is 5.92 Å². The highest BCUT2D eigenvalue weighted by Gasteiger charge is 2.33. The van der Waals surface area contributed by atoms with E-state index in [1.54, 1.807) is 12.4 Å². The van der Waals surface area contributed by atoms with E-state index in [9.17, 15) is 4.79 Å². The Morgan fingerprint density at radius 2 is 1.64 bits per heavy atom. The predicted molar refractivity (Wildman–Crippen MR) is 98.3 cm³/mol. The molecule has 1 aromatic heterocycles. The van der Waals surface area contributed by atoms with Crippen LogP contribution < -0.4 is 4.90 Å². The van der Waals surface area contributed by atoms with E-state index in [0.717, 1.165) is 50.6 Å². The first-order valence-electron chi connectivity index (χ1n) is 9.66. The summed E-state index contributed by atoms with van der Waals surface area (Å²) in [5.74, 6) is 1.54. The van der Waals surface area contributed by atoms with Gasteiger partial charge in [-0.3, -0.25) is 4.79 Å². The van der Waals surface area contributed by atoms with Crippen LogP contribution in [0.2, 0.25) is 0 Å². The van der Waals surface area contributed by atoms with E-state index in [-0.39, 0.29) is 18.0 Å². The summed E-state index contributed by atoms with van der Waals surface area (Å²) in [7, 11) is 0. The highest BCUT2D eigenvalue weighted by molar-refractivity contribution is 5.73. The Hall–Kier alpha value is -1.65. The molecular weight excluding hydrogens is 314 g/mol.